The van der Waals surface area contributed by atoms with Gasteiger partial charge in [0.05, 0.1) is 20.8 Å². The molecule has 0 aliphatic rings. The van der Waals surface area contributed by atoms with Crippen LogP contribution in [-0.2, 0) is 11.8 Å². The quantitative estimate of drug-likeness (QED) is 0.519. The number of benzene rings is 2. The average molecular weight is 409 g/mol. The maximum Gasteiger partial charge on any atom is 0.220 e. The van der Waals surface area contributed by atoms with Gasteiger partial charge in [-0.25, -0.2) is 4.98 Å². The molecule has 1 amide bonds. The number of hydrogen-bond acceptors (Lipinski definition) is 5. The molecule has 0 fully saturated rings. The summed E-state index contributed by atoms with van der Waals surface area (Å²) in [5, 5.41) is 3.09. The van der Waals surface area contributed by atoms with Crippen molar-refractivity contribution >= 4 is 5.91 Å². The van der Waals surface area contributed by atoms with Gasteiger partial charge in [-0.3, -0.25) is 4.79 Å². The van der Waals surface area contributed by atoms with Crippen LogP contribution in [0.3, 0.4) is 0 Å². The summed E-state index contributed by atoms with van der Waals surface area (Å²) < 4.78 is 18.0. The summed E-state index contributed by atoms with van der Waals surface area (Å²) in [7, 11) is 5.16. The molecule has 0 saturated heterocycles. The van der Waals surface area contributed by atoms with Gasteiger partial charge in [0.1, 0.15) is 29.1 Å². The summed E-state index contributed by atoms with van der Waals surface area (Å²) in [6.07, 6.45) is 4.54. The largest absolute Gasteiger partial charge is 0.497 e. The topological polar surface area (TPSA) is 74.6 Å². The molecule has 7 nitrogen and oxygen atoms in total. The number of amides is 1. The van der Waals surface area contributed by atoms with Crippen molar-refractivity contribution in [1.29, 1.82) is 0 Å². The first-order chi connectivity index (χ1) is 14.6. The van der Waals surface area contributed by atoms with E-state index < -0.39 is 0 Å². The third kappa shape index (κ3) is 5.53. The van der Waals surface area contributed by atoms with Crippen LogP contribution in [0.25, 0.3) is 0 Å². The number of carbonyl (C=O) groups is 1. The average Bonchev–Trinajstić information content (AvgIpc) is 3.21. The van der Waals surface area contributed by atoms with Crippen molar-refractivity contribution in [2.24, 2.45) is 7.05 Å². The zero-order valence-electron chi connectivity index (χ0n) is 17.5. The fraction of sp³-hybridized carbons (Fsp3) is 0.304. The molecule has 0 aliphatic carbocycles. The van der Waals surface area contributed by atoms with E-state index in [9.17, 15) is 4.79 Å². The van der Waals surface area contributed by atoms with Crippen LogP contribution in [0.5, 0.6) is 17.2 Å². The van der Waals surface area contributed by atoms with E-state index in [-0.39, 0.29) is 11.9 Å². The fourth-order valence-corrected chi connectivity index (χ4v) is 3.08. The van der Waals surface area contributed by atoms with Crippen molar-refractivity contribution in [2.45, 2.75) is 18.9 Å². The first-order valence-corrected chi connectivity index (χ1v) is 9.78. The third-order valence-corrected chi connectivity index (χ3v) is 4.75. The van der Waals surface area contributed by atoms with Crippen LogP contribution in [-0.4, -0.2) is 36.3 Å². The molecule has 1 aromatic heterocycles. The number of nitrogens with zero attached hydrogens (tertiary/aromatic N) is 2. The van der Waals surface area contributed by atoms with E-state index in [1.165, 1.54) is 0 Å². The molecule has 3 aromatic rings. The number of aromatic nitrogens is 2. The number of aryl methyl sites for hydroxylation is 1. The molecular formula is C23H27N3O4. The number of carbonyl (C=O) groups excluding carboxylic acids is 1. The van der Waals surface area contributed by atoms with Gasteiger partial charge in [-0.05, 0) is 48.4 Å². The van der Waals surface area contributed by atoms with Gasteiger partial charge < -0.3 is 24.1 Å². The Balaban J connectivity index is 1.57. The van der Waals surface area contributed by atoms with Crippen molar-refractivity contribution < 1.29 is 19.0 Å². The highest BCUT2D eigenvalue weighted by Crippen LogP contribution is 2.23. The van der Waals surface area contributed by atoms with Crippen molar-refractivity contribution in [3.05, 3.63) is 72.3 Å². The molecule has 1 atom stereocenters. The normalized spacial score (nSPS) is 11.6. The molecular weight excluding hydrogens is 382 g/mol. The molecule has 30 heavy (non-hydrogen) atoms. The van der Waals surface area contributed by atoms with Gasteiger partial charge in [-0.15, -0.1) is 0 Å². The highest BCUT2D eigenvalue weighted by Gasteiger charge is 2.20. The minimum absolute atomic E-state index is 0.0582. The smallest absolute Gasteiger partial charge is 0.220 e. The Hall–Kier alpha value is -3.48. The molecule has 0 bridgehead atoms. The van der Waals surface area contributed by atoms with Crippen LogP contribution in [0, 0.1) is 0 Å². The number of hydrogen-bond donors (Lipinski definition) is 1. The van der Waals surface area contributed by atoms with Crippen molar-refractivity contribution in [2.75, 3.05) is 20.8 Å². The molecule has 0 radical (unpaired) electrons. The standard InChI is InChI=1S/C23H27N3O4/c1-26-15-14-24-23(26)22(17-6-8-18(28-2)9-7-17)25-21(27)5-4-16-30-20-12-10-19(29-3)11-13-20/h6-15,22H,4-5,16H2,1-3H3,(H,25,27)/t22-/m1/s1. The minimum Gasteiger partial charge on any atom is -0.497 e. The second kappa shape index (κ2) is 10.3. The number of ether oxygens (including phenoxy) is 3. The Bertz CT molecular complexity index is 936. The van der Waals surface area contributed by atoms with Gasteiger partial charge in [0.2, 0.25) is 5.91 Å². The highest BCUT2D eigenvalue weighted by molar-refractivity contribution is 5.76. The molecule has 0 spiro atoms. The van der Waals surface area contributed by atoms with Crippen molar-refractivity contribution in [3.8, 4) is 17.2 Å². The summed E-state index contributed by atoms with van der Waals surface area (Å²) >= 11 is 0. The summed E-state index contributed by atoms with van der Waals surface area (Å²) in [5.74, 6) is 3.00. The Kier molecular flexibility index (Phi) is 7.32. The van der Waals surface area contributed by atoms with Crippen LogP contribution in [0.1, 0.15) is 30.3 Å². The van der Waals surface area contributed by atoms with E-state index in [1.54, 1.807) is 20.4 Å². The molecule has 0 unspecified atom stereocenters. The lowest BCUT2D eigenvalue weighted by molar-refractivity contribution is -0.121. The van der Waals surface area contributed by atoms with Gasteiger partial charge >= 0.3 is 0 Å². The lowest BCUT2D eigenvalue weighted by Crippen LogP contribution is -2.31. The van der Waals surface area contributed by atoms with Crippen molar-refractivity contribution in [1.82, 2.24) is 14.9 Å². The predicted octanol–water partition coefficient (Wildman–Crippen LogP) is 3.50. The van der Waals surface area contributed by atoms with E-state index >= 15 is 0 Å². The fourth-order valence-electron chi connectivity index (χ4n) is 3.08. The van der Waals surface area contributed by atoms with Crippen LogP contribution in [0.15, 0.2) is 60.9 Å². The predicted molar refractivity (Wildman–Crippen MR) is 114 cm³/mol. The molecule has 1 N–H and O–H groups in total. The van der Waals surface area contributed by atoms with Crippen LogP contribution >= 0.6 is 0 Å². The second-order valence-electron chi connectivity index (χ2n) is 6.80. The maximum atomic E-state index is 12.6. The number of methoxy groups -OCH3 is 2. The molecule has 1 heterocycles. The summed E-state index contributed by atoms with van der Waals surface area (Å²) in [4.78, 5) is 17.0. The van der Waals surface area contributed by atoms with Crippen LogP contribution in [0.4, 0.5) is 0 Å². The molecule has 158 valence electrons. The molecule has 2 aromatic carbocycles. The van der Waals surface area contributed by atoms with Gasteiger partial charge in [0, 0.05) is 25.9 Å². The maximum absolute atomic E-state index is 12.6. The van der Waals surface area contributed by atoms with E-state index in [2.05, 4.69) is 10.3 Å². The van der Waals surface area contributed by atoms with E-state index in [0.717, 1.165) is 28.6 Å². The van der Waals surface area contributed by atoms with Gasteiger partial charge in [-0.2, -0.15) is 0 Å². The Morgan fingerprint density at radius 2 is 1.60 bits per heavy atom. The summed E-state index contributed by atoms with van der Waals surface area (Å²) in [6, 6.07) is 14.7. The van der Waals surface area contributed by atoms with Crippen molar-refractivity contribution in [3.63, 3.8) is 0 Å². The highest BCUT2D eigenvalue weighted by atomic mass is 16.5. The molecule has 7 heteroatoms. The van der Waals surface area contributed by atoms with Gasteiger partial charge in [0.25, 0.3) is 0 Å². The monoisotopic (exact) mass is 409 g/mol. The Morgan fingerprint density at radius 3 is 2.17 bits per heavy atom. The molecule has 0 saturated carbocycles. The van der Waals surface area contributed by atoms with E-state index in [0.29, 0.717) is 19.4 Å². The third-order valence-electron chi connectivity index (χ3n) is 4.75. The number of imidazole rings is 1. The Morgan fingerprint density at radius 1 is 1.00 bits per heavy atom. The zero-order valence-corrected chi connectivity index (χ0v) is 17.5. The van der Waals surface area contributed by atoms with E-state index in [4.69, 9.17) is 14.2 Å². The SMILES string of the molecule is COc1ccc(OCCCC(=O)N[C@H](c2ccc(OC)cc2)c2nccn2C)cc1. The summed E-state index contributed by atoms with van der Waals surface area (Å²) in [6.45, 7) is 0.454. The Labute approximate surface area is 176 Å². The molecule has 3 rings (SSSR count). The lowest BCUT2D eigenvalue weighted by atomic mass is 10.1. The van der Waals surface area contributed by atoms with Gasteiger partial charge in [0.15, 0.2) is 0 Å². The van der Waals surface area contributed by atoms with Crippen LogP contribution in [0.2, 0.25) is 0 Å². The number of rotatable bonds is 10. The second-order valence-corrected chi connectivity index (χ2v) is 6.80. The lowest BCUT2D eigenvalue weighted by Gasteiger charge is -2.19. The number of nitrogens with one attached hydrogen (secondary N) is 1. The zero-order chi connectivity index (χ0) is 21.3. The molecule has 0 aliphatic heterocycles. The first kappa shape index (κ1) is 21.2. The first-order valence-electron chi connectivity index (χ1n) is 9.78. The summed E-state index contributed by atoms with van der Waals surface area (Å²) in [5.41, 5.74) is 0.938. The van der Waals surface area contributed by atoms with Gasteiger partial charge in [-0.1, -0.05) is 12.1 Å². The van der Waals surface area contributed by atoms with E-state index in [1.807, 2.05) is 66.3 Å². The minimum atomic E-state index is -0.342. The van der Waals surface area contributed by atoms with Crippen LogP contribution < -0.4 is 19.5 Å².